The molecule has 152 valence electrons. The third-order valence-electron chi connectivity index (χ3n) is 6.17. The van der Waals surface area contributed by atoms with E-state index in [-0.39, 0.29) is 47.2 Å². The van der Waals surface area contributed by atoms with Crippen LogP contribution < -0.4 is 0 Å². The molecule has 0 N–H and O–H groups in total. The molecule has 5 atom stereocenters. The molecule has 1 aromatic carbocycles. The zero-order valence-electron chi connectivity index (χ0n) is 16.2. The van der Waals surface area contributed by atoms with E-state index in [1.165, 1.54) is 0 Å². The predicted molar refractivity (Wildman–Crippen MR) is 105 cm³/mol. The minimum Gasteiger partial charge on any atom is -0.456 e. The van der Waals surface area contributed by atoms with Crippen molar-refractivity contribution in [1.29, 1.82) is 0 Å². The van der Waals surface area contributed by atoms with Gasteiger partial charge in [0.2, 0.25) is 11.8 Å². The maximum absolute atomic E-state index is 13.0. The van der Waals surface area contributed by atoms with Crippen LogP contribution in [-0.4, -0.2) is 41.1 Å². The molecule has 7 heteroatoms. The second-order valence-electron chi connectivity index (χ2n) is 8.27. The molecule has 1 aliphatic heterocycles. The lowest BCUT2D eigenvalue weighted by Gasteiger charge is -2.28. The molecule has 1 heterocycles. The fourth-order valence-electron chi connectivity index (χ4n) is 4.82. The van der Waals surface area contributed by atoms with Crippen LogP contribution in [0.15, 0.2) is 36.4 Å². The highest BCUT2D eigenvalue weighted by Gasteiger charge is 2.61. The van der Waals surface area contributed by atoms with Crippen molar-refractivity contribution in [3.63, 3.8) is 0 Å². The number of allylic oxidation sites excluding steroid dienone is 2. The topological polar surface area (TPSA) is 80.8 Å². The summed E-state index contributed by atoms with van der Waals surface area (Å²) in [7, 11) is 0. The van der Waals surface area contributed by atoms with Crippen LogP contribution in [0.4, 0.5) is 0 Å². The van der Waals surface area contributed by atoms with Gasteiger partial charge >= 0.3 is 5.97 Å². The van der Waals surface area contributed by atoms with Gasteiger partial charge in [-0.05, 0) is 48.4 Å². The first-order chi connectivity index (χ1) is 13.8. The van der Waals surface area contributed by atoms with Crippen LogP contribution in [0.1, 0.15) is 30.6 Å². The van der Waals surface area contributed by atoms with Crippen molar-refractivity contribution < 1.29 is 23.9 Å². The Balaban J connectivity index is 1.47. The van der Waals surface area contributed by atoms with Gasteiger partial charge in [0.25, 0.3) is 0 Å². The van der Waals surface area contributed by atoms with E-state index in [1.54, 1.807) is 38.1 Å². The number of carbonyl (C=O) groups is 4. The molecular formula is C22H22ClNO5. The maximum atomic E-state index is 13.0. The molecule has 2 fully saturated rings. The molecule has 1 saturated heterocycles. The van der Waals surface area contributed by atoms with Gasteiger partial charge in [0.15, 0.2) is 12.4 Å². The van der Waals surface area contributed by atoms with E-state index in [2.05, 4.69) is 0 Å². The molecule has 6 nitrogen and oxygen atoms in total. The summed E-state index contributed by atoms with van der Waals surface area (Å²) >= 11 is 5.81. The molecule has 1 aromatic rings. The first-order valence-electron chi connectivity index (χ1n) is 9.80. The van der Waals surface area contributed by atoms with Gasteiger partial charge in [-0.25, -0.2) is 4.79 Å². The van der Waals surface area contributed by atoms with Gasteiger partial charge in [-0.15, -0.1) is 0 Å². The van der Waals surface area contributed by atoms with Gasteiger partial charge in [0.05, 0.1) is 11.8 Å². The molecule has 3 aliphatic rings. The van der Waals surface area contributed by atoms with E-state index < -0.39 is 18.6 Å². The van der Waals surface area contributed by atoms with Crippen molar-refractivity contribution in [2.45, 2.75) is 26.3 Å². The number of likely N-dealkylation sites (tertiary alicyclic amines) is 1. The highest BCUT2D eigenvalue weighted by atomic mass is 35.5. The lowest BCUT2D eigenvalue weighted by molar-refractivity contribution is -0.160. The van der Waals surface area contributed by atoms with Crippen molar-refractivity contribution in [2.24, 2.45) is 29.6 Å². The van der Waals surface area contributed by atoms with Crippen LogP contribution in [0.3, 0.4) is 0 Å². The molecule has 29 heavy (non-hydrogen) atoms. The number of fused-ring (bicyclic) bond motifs is 5. The number of imide groups is 1. The van der Waals surface area contributed by atoms with Gasteiger partial charge in [0.1, 0.15) is 6.04 Å². The third-order valence-corrected chi connectivity index (χ3v) is 6.42. The summed E-state index contributed by atoms with van der Waals surface area (Å²) in [5.74, 6) is -2.63. The Morgan fingerprint density at radius 1 is 1.07 bits per heavy atom. The molecule has 1 saturated carbocycles. The van der Waals surface area contributed by atoms with Crippen molar-refractivity contribution in [1.82, 2.24) is 4.90 Å². The number of hydrogen-bond donors (Lipinski definition) is 0. The zero-order valence-corrected chi connectivity index (χ0v) is 17.0. The van der Waals surface area contributed by atoms with Crippen molar-refractivity contribution in [2.75, 3.05) is 6.61 Å². The number of benzene rings is 1. The van der Waals surface area contributed by atoms with Gasteiger partial charge in [-0.1, -0.05) is 37.6 Å². The Labute approximate surface area is 173 Å². The quantitative estimate of drug-likeness (QED) is 0.309. The number of esters is 1. The number of rotatable bonds is 6. The number of nitrogens with zero attached hydrogens (tertiary/aromatic N) is 1. The number of Topliss-reactive ketones (excluding diaryl/α,β-unsaturated/α-hetero) is 1. The predicted octanol–water partition coefficient (Wildman–Crippen LogP) is 2.90. The van der Waals surface area contributed by atoms with Crippen LogP contribution in [0.5, 0.6) is 0 Å². The maximum Gasteiger partial charge on any atom is 0.330 e. The van der Waals surface area contributed by atoms with E-state index >= 15 is 0 Å². The van der Waals surface area contributed by atoms with Crippen LogP contribution in [0.25, 0.3) is 0 Å². The molecule has 2 aliphatic carbocycles. The van der Waals surface area contributed by atoms with E-state index in [0.29, 0.717) is 10.6 Å². The van der Waals surface area contributed by atoms with Gasteiger partial charge < -0.3 is 4.74 Å². The lowest BCUT2D eigenvalue weighted by atomic mass is 9.85. The van der Waals surface area contributed by atoms with Gasteiger partial charge in [0, 0.05) is 10.6 Å². The summed E-state index contributed by atoms with van der Waals surface area (Å²) in [6.07, 6.45) is 4.84. The Hall–Kier alpha value is -2.47. The molecule has 2 bridgehead atoms. The highest BCUT2D eigenvalue weighted by Crippen LogP contribution is 2.53. The molecule has 0 spiro atoms. The standard InChI is InChI=1S/C22H22ClNO5/c1-11(2)19(22(28)29-10-16(25)12-5-7-15(23)8-6-12)24-20(26)17-13-3-4-14(9-13)18(17)21(24)27/h3-8,11,13-14,17-19H,9-10H2,1-2H3/t13-,14-,17-,18-,19-/m0/s1. The fraction of sp³-hybridized carbons (Fsp3) is 0.455. The summed E-state index contributed by atoms with van der Waals surface area (Å²) in [6, 6.07) is 5.23. The average molecular weight is 416 g/mol. The summed E-state index contributed by atoms with van der Waals surface area (Å²) < 4.78 is 5.23. The number of amides is 2. The largest absolute Gasteiger partial charge is 0.456 e. The van der Waals surface area contributed by atoms with Crippen molar-refractivity contribution in [3.8, 4) is 0 Å². The van der Waals surface area contributed by atoms with Gasteiger partial charge in [-0.2, -0.15) is 0 Å². The monoisotopic (exact) mass is 415 g/mol. The summed E-state index contributed by atoms with van der Waals surface area (Å²) in [5.41, 5.74) is 0.369. The second kappa shape index (κ2) is 7.41. The highest BCUT2D eigenvalue weighted by molar-refractivity contribution is 6.30. The normalized spacial score (nSPS) is 28.2. The van der Waals surface area contributed by atoms with Crippen LogP contribution in [-0.2, 0) is 19.1 Å². The minimum absolute atomic E-state index is 0.0711. The Bertz CT molecular complexity index is 876. The lowest BCUT2D eigenvalue weighted by Crippen LogP contribution is -2.50. The van der Waals surface area contributed by atoms with Crippen LogP contribution >= 0.6 is 11.6 Å². The SMILES string of the molecule is CC(C)[C@@H](C(=O)OCC(=O)c1ccc(Cl)cc1)N1C(=O)[C@@H]2[C@@H](C1=O)[C@H]1C=C[C@H]2C1. The van der Waals surface area contributed by atoms with Crippen molar-refractivity contribution in [3.05, 3.63) is 47.0 Å². The van der Waals surface area contributed by atoms with Crippen LogP contribution in [0, 0.1) is 29.6 Å². The second-order valence-corrected chi connectivity index (χ2v) is 8.71. The first-order valence-corrected chi connectivity index (χ1v) is 10.2. The summed E-state index contributed by atoms with van der Waals surface area (Å²) in [4.78, 5) is 52.2. The molecule has 2 amide bonds. The Morgan fingerprint density at radius 2 is 1.62 bits per heavy atom. The fourth-order valence-corrected chi connectivity index (χ4v) is 4.94. The number of ketones is 1. The van der Waals surface area contributed by atoms with E-state index in [1.807, 2.05) is 12.2 Å². The van der Waals surface area contributed by atoms with E-state index in [9.17, 15) is 19.2 Å². The zero-order chi connectivity index (χ0) is 20.9. The average Bonchev–Trinajstić information content (AvgIpc) is 3.36. The molecular weight excluding hydrogens is 394 g/mol. The van der Waals surface area contributed by atoms with E-state index in [0.717, 1.165) is 11.3 Å². The smallest absolute Gasteiger partial charge is 0.330 e. The molecule has 0 aromatic heterocycles. The Morgan fingerprint density at radius 3 is 2.14 bits per heavy atom. The Kier molecular flexibility index (Phi) is 5.07. The first kappa shape index (κ1) is 19.8. The number of carbonyl (C=O) groups excluding carboxylic acids is 4. The summed E-state index contributed by atoms with van der Waals surface area (Å²) in [6.45, 7) is 3.06. The number of halogens is 1. The minimum atomic E-state index is -1.03. The van der Waals surface area contributed by atoms with E-state index in [4.69, 9.17) is 16.3 Å². The molecule has 0 unspecified atom stereocenters. The van der Waals surface area contributed by atoms with Crippen LogP contribution in [0.2, 0.25) is 5.02 Å². The summed E-state index contributed by atoms with van der Waals surface area (Å²) in [5, 5.41) is 0.499. The molecule has 0 radical (unpaired) electrons. The number of hydrogen-bond acceptors (Lipinski definition) is 5. The third kappa shape index (κ3) is 3.29. The van der Waals surface area contributed by atoms with Gasteiger partial charge in [-0.3, -0.25) is 19.3 Å². The molecule has 4 rings (SSSR count). The number of ether oxygens (including phenoxy) is 1. The van der Waals surface area contributed by atoms with Crippen molar-refractivity contribution >= 4 is 35.2 Å².